The number of aryl methyl sites for hydroxylation is 1. The lowest BCUT2D eigenvalue weighted by molar-refractivity contribution is 0.146. The van der Waals surface area contributed by atoms with Crippen LogP contribution in [0.3, 0.4) is 0 Å². The van der Waals surface area contributed by atoms with Gasteiger partial charge in [0.05, 0.1) is 5.01 Å². The highest BCUT2D eigenvalue weighted by Gasteiger charge is 2.10. The van der Waals surface area contributed by atoms with Crippen LogP contribution in [-0.2, 0) is 6.42 Å². The topological polar surface area (TPSA) is 38.9 Å². The van der Waals surface area contributed by atoms with Gasteiger partial charge in [0.1, 0.15) is 5.69 Å². The fourth-order valence-electron chi connectivity index (χ4n) is 0.793. The molecule has 2 nitrogen and oxygen atoms in total. The van der Waals surface area contributed by atoms with Gasteiger partial charge in [-0.1, -0.05) is 0 Å². The van der Waals surface area contributed by atoms with E-state index in [2.05, 4.69) is 4.98 Å². The fraction of sp³-hybridized carbons (Fsp3) is 0.571. The summed E-state index contributed by atoms with van der Waals surface area (Å²) >= 11 is 1.27. The molecule has 0 aromatic carbocycles. The summed E-state index contributed by atoms with van der Waals surface area (Å²) in [7, 11) is 0. The minimum absolute atomic E-state index is 0.118. The van der Waals surface area contributed by atoms with Crippen molar-refractivity contribution < 1.29 is 8.78 Å². The van der Waals surface area contributed by atoms with Crippen molar-refractivity contribution in [3.05, 3.63) is 16.1 Å². The van der Waals surface area contributed by atoms with E-state index >= 15 is 0 Å². The molecule has 0 aliphatic carbocycles. The molecule has 5 heteroatoms. The number of rotatable bonds is 4. The summed E-state index contributed by atoms with van der Waals surface area (Å²) in [6, 6.07) is 0. The van der Waals surface area contributed by atoms with Crippen molar-refractivity contribution >= 4 is 11.3 Å². The lowest BCUT2D eigenvalue weighted by Gasteiger charge is -1.92. The predicted molar refractivity (Wildman–Crippen MR) is 44.4 cm³/mol. The van der Waals surface area contributed by atoms with Crippen molar-refractivity contribution in [3.63, 3.8) is 0 Å². The Labute approximate surface area is 73.4 Å². The van der Waals surface area contributed by atoms with Crippen LogP contribution in [0, 0.1) is 0 Å². The quantitative estimate of drug-likeness (QED) is 0.792. The fourth-order valence-corrected chi connectivity index (χ4v) is 1.63. The number of alkyl halides is 2. The minimum atomic E-state index is -2.45. The molecule has 0 spiro atoms. The standard InChI is InChI=1S/C7H10F2N2S/c8-7(9)5-4-12-6(11-5)2-1-3-10/h4,7H,1-3,10H2. The Morgan fingerprint density at radius 3 is 2.83 bits per heavy atom. The number of aromatic nitrogens is 1. The van der Waals surface area contributed by atoms with Crippen LogP contribution in [0.1, 0.15) is 23.5 Å². The van der Waals surface area contributed by atoms with E-state index < -0.39 is 6.43 Å². The maximum Gasteiger partial charge on any atom is 0.281 e. The lowest BCUT2D eigenvalue weighted by Crippen LogP contribution is -2.00. The van der Waals surface area contributed by atoms with Gasteiger partial charge in [0.25, 0.3) is 6.43 Å². The number of halogens is 2. The van der Waals surface area contributed by atoms with Gasteiger partial charge in [0.2, 0.25) is 0 Å². The van der Waals surface area contributed by atoms with E-state index in [4.69, 9.17) is 5.73 Å². The first-order valence-corrected chi connectivity index (χ1v) is 4.54. The molecule has 0 amide bonds. The molecular weight excluding hydrogens is 182 g/mol. The Hall–Kier alpha value is -0.550. The first kappa shape index (κ1) is 9.54. The minimum Gasteiger partial charge on any atom is -0.330 e. The second kappa shape index (κ2) is 4.47. The number of thiazole rings is 1. The van der Waals surface area contributed by atoms with Crippen LogP contribution in [0.5, 0.6) is 0 Å². The van der Waals surface area contributed by atoms with Crippen molar-refractivity contribution in [3.8, 4) is 0 Å². The van der Waals surface area contributed by atoms with Crippen LogP contribution in [0.15, 0.2) is 5.38 Å². The molecule has 0 fully saturated rings. The Kier molecular flexibility index (Phi) is 3.55. The van der Waals surface area contributed by atoms with Crippen molar-refractivity contribution in [2.45, 2.75) is 19.3 Å². The van der Waals surface area contributed by atoms with Gasteiger partial charge >= 0.3 is 0 Å². The Morgan fingerprint density at radius 2 is 2.33 bits per heavy atom. The van der Waals surface area contributed by atoms with Gasteiger partial charge in [-0.25, -0.2) is 13.8 Å². The van der Waals surface area contributed by atoms with E-state index in [9.17, 15) is 8.78 Å². The number of hydrogen-bond acceptors (Lipinski definition) is 3. The highest BCUT2D eigenvalue weighted by Crippen LogP contribution is 2.21. The molecule has 0 aliphatic heterocycles. The molecule has 0 bridgehead atoms. The van der Waals surface area contributed by atoms with Gasteiger partial charge < -0.3 is 5.73 Å². The summed E-state index contributed by atoms with van der Waals surface area (Å²) < 4.78 is 24.0. The Bertz CT molecular complexity index is 237. The van der Waals surface area contributed by atoms with Gasteiger partial charge in [0, 0.05) is 11.8 Å². The molecule has 0 saturated heterocycles. The van der Waals surface area contributed by atoms with Gasteiger partial charge in [-0.05, 0) is 13.0 Å². The number of nitrogens with zero attached hydrogens (tertiary/aromatic N) is 1. The largest absolute Gasteiger partial charge is 0.330 e. The van der Waals surface area contributed by atoms with E-state index in [-0.39, 0.29) is 5.69 Å². The molecule has 1 rings (SSSR count). The summed E-state index contributed by atoms with van der Waals surface area (Å²) in [6.07, 6.45) is -0.947. The van der Waals surface area contributed by atoms with Gasteiger partial charge in [-0.3, -0.25) is 0 Å². The molecule has 68 valence electrons. The Balaban J connectivity index is 2.52. The van der Waals surface area contributed by atoms with Crippen LogP contribution >= 0.6 is 11.3 Å². The smallest absolute Gasteiger partial charge is 0.281 e. The van der Waals surface area contributed by atoms with E-state index in [1.807, 2.05) is 0 Å². The van der Waals surface area contributed by atoms with Crippen LogP contribution in [0.4, 0.5) is 8.78 Å². The van der Waals surface area contributed by atoms with E-state index in [0.717, 1.165) is 11.4 Å². The highest BCUT2D eigenvalue weighted by atomic mass is 32.1. The molecule has 0 radical (unpaired) electrons. The van der Waals surface area contributed by atoms with Crippen LogP contribution in [-0.4, -0.2) is 11.5 Å². The van der Waals surface area contributed by atoms with Gasteiger partial charge in [-0.2, -0.15) is 0 Å². The van der Waals surface area contributed by atoms with Crippen LogP contribution in [0.2, 0.25) is 0 Å². The summed E-state index contributed by atoms with van der Waals surface area (Å²) in [4.78, 5) is 3.76. The maximum absolute atomic E-state index is 12.0. The van der Waals surface area contributed by atoms with E-state index in [0.29, 0.717) is 13.0 Å². The van der Waals surface area contributed by atoms with Gasteiger partial charge in [0.15, 0.2) is 0 Å². The zero-order chi connectivity index (χ0) is 8.97. The van der Waals surface area contributed by atoms with Crippen LogP contribution < -0.4 is 5.73 Å². The first-order valence-electron chi connectivity index (χ1n) is 3.66. The van der Waals surface area contributed by atoms with E-state index in [1.165, 1.54) is 16.7 Å². The zero-order valence-electron chi connectivity index (χ0n) is 6.46. The monoisotopic (exact) mass is 192 g/mol. The molecule has 1 aromatic rings. The molecular formula is C7H10F2N2S. The van der Waals surface area contributed by atoms with Crippen molar-refractivity contribution in [1.29, 1.82) is 0 Å². The van der Waals surface area contributed by atoms with Gasteiger partial charge in [-0.15, -0.1) is 11.3 Å². The van der Waals surface area contributed by atoms with E-state index in [1.54, 1.807) is 0 Å². The third-order valence-electron chi connectivity index (χ3n) is 1.39. The summed E-state index contributed by atoms with van der Waals surface area (Å²) in [5.74, 6) is 0. The van der Waals surface area contributed by atoms with Crippen molar-refractivity contribution in [2.24, 2.45) is 5.73 Å². The summed E-state index contributed by atoms with van der Waals surface area (Å²) in [5.41, 5.74) is 5.15. The average molecular weight is 192 g/mol. The Morgan fingerprint density at radius 1 is 1.58 bits per heavy atom. The molecule has 0 atom stereocenters. The molecule has 2 N–H and O–H groups in total. The molecule has 0 saturated carbocycles. The normalized spacial score (nSPS) is 11.0. The molecule has 0 unspecified atom stereocenters. The second-order valence-corrected chi connectivity index (χ2v) is 3.30. The average Bonchev–Trinajstić information content (AvgIpc) is 2.48. The molecule has 1 aromatic heterocycles. The molecule has 12 heavy (non-hydrogen) atoms. The molecule has 0 aliphatic rings. The first-order chi connectivity index (χ1) is 5.74. The second-order valence-electron chi connectivity index (χ2n) is 2.36. The van der Waals surface area contributed by atoms with Crippen molar-refractivity contribution in [1.82, 2.24) is 4.98 Å². The summed E-state index contributed by atoms with van der Waals surface area (Å²) in [5, 5.41) is 2.15. The predicted octanol–water partition coefficient (Wildman–Crippen LogP) is 1.97. The molecule has 1 heterocycles. The number of hydrogen-bond donors (Lipinski definition) is 1. The summed E-state index contributed by atoms with van der Waals surface area (Å²) in [6.45, 7) is 0.573. The highest BCUT2D eigenvalue weighted by molar-refractivity contribution is 7.09. The zero-order valence-corrected chi connectivity index (χ0v) is 7.28. The third-order valence-corrected chi connectivity index (χ3v) is 2.31. The maximum atomic E-state index is 12.0. The third kappa shape index (κ3) is 2.49. The SMILES string of the molecule is NCCCc1nc(C(F)F)cs1. The van der Waals surface area contributed by atoms with Crippen molar-refractivity contribution in [2.75, 3.05) is 6.54 Å². The lowest BCUT2D eigenvalue weighted by atomic mass is 10.3. The van der Waals surface area contributed by atoms with Crippen LogP contribution in [0.25, 0.3) is 0 Å². The number of nitrogens with two attached hydrogens (primary N) is 1.